The Kier molecular flexibility index (Phi) is 4.17. The molecule has 114 valence electrons. The van der Waals surface area contributed by atoms with Crippen molar-refractivity contribution < 1.29 is 4.74 Å². The molecule has 0 N–H and O–H groups in total. The lowest BCUT2D eigenvalue weighted by molar-refractivity contribution is 0.133. The fraction of sp³-hybridized carbons (Fsp3) is 0.474. The van der Waals surface area contributed by atoms with Crippen LogP contribution in [0.5, 0.6) is 5.75 Å². The first-order valence-corrected chi connectivity index (χ1v) is 9.71. The van der Waals surface area contributed by atoms with Crippen molar-refractivity contribution in [2.45, 2.75) is 50.5 Å². The lowest BCUT2D eigenvalue weighted by Crippen LogP contribution is -2.23. The van der Waals surface area contributed by atoms with Gasteiger partial charge in [-0.1, -0.05) is 30.7 Å². The summed E-state index contributed by atoms with van der Waals surface area (Å²) in [5.41, 5.74) is -0.152. The number of rotatable bonds is 2. The van der Waals surface area contributed by atoms with E-state index in [-0.39, 0.29) is 16.5 Å². The van der Waals surface area contributed by atoms with Crippen molar-refractivity contribution in [3.05, 3.63) is 36.4 Å². The second-order valence-electron chi connectivity index (χ2n) is 6.89. The van der Waals surface area contributed by atoms with Gasteiger partial charge in [-0.15, -0.1) is 0 Å². The van der Waals surface area contributed by atoms with Crippen LogP contribution in [-0.2, 0) is 0 Å². The van der Waals surface area contributed by atoms with Crippen LogP contribution in [0.15, 0.2) is 41.3 Å². The third kappa shape index (κ3) is 3.37. The molecule has 0 bridgehead atoms. The zero-order valence-corrected chi connectivity index (χ0v) is 14.2. The Morgan fingerprint density at radius 1 is 0.857 bits per heavy atom. The standard InChI is InChI=1S/C19H26OS/c1-19(2,3)20-17-11-12-18(21-13-7-4-8-14-21)16-10-6-5-9-15(16)17/h5-6,9-12,21H,4,7-8,13-14H2,1-3H3. The Balaban J connectivity index is 2.05. The van der Waals surface area contributed by atoms with Crippen LogP contribution in [-0.4, -0.2) is 17.1 Å². The fourth-order valence-corrected chi connectivity index (χ4v) is 5.82. The van der Waals surface area contributed by atoms with E-state index in [4.69, 9.17) is 4.74 Å². The second-order valence-corrected chi connectivity index (χ2v) is 9.35. The van der Waals surface area contributed by atoms with E-state index in [9.17, 15) is 0 Å². The first-order valence-electron chi connectivity index (χ1n) is 8.00. The molecule has 0 aromatic heterocycles. The van der Waals surface area contributed by atoms with E-state index in [1.54, 1.807) is 4.90 Å². The van der Waals surface area contributed by atoms with Gasteiger partial charge in [0.05, 0.1) is 0 Å². The molecule has 1 saturated heterocycles. The molecule has 0 unspecified atom stereocenters. The summed E-state index contributed by atoms with van der Waals surface area (Å²) in [4.78, 5) is 1.58. The Bertz CT molecular complexity index is 621. The van der Waals surface area contributed by atoms with Crippen molar-refractivity contribution in [3.8, 4) is 5.75 Å². The van der Waals surface area contributed by atoms with Crippen LogP contribution >= 0.6 is 10.9 Å². The highest BCUT2D eigenvalue weighted by Crippen LogP contribution is 2.46. The van der Waals surface area contributed by atoms with Crippen molar-refractivity contribution >= 4 is 21.7 Å². The van der Waals surface area contributed by atoms with E-state index in [1.165, 1.54) is 41.5 Å². The van der Waals surface area contributed by atoms with Gasteiger partial charge in [0, 0.05) is 5.39 Å². The summed E-state index contributed by atoms with van der Waals surface area (Å²) < 4.78 is 6.16. The van der Waals surface area contributed by atoms with Gasteiger partial charge in [0.1, 0.15) is 11.4 Å². The van der Waals surface area contributed by atoms with E-state index in [1.807, 2.05) is 0 Å². The lowest BCUT2D eigenvalue weighted by atomic mass is 10.1. The van der Waals surface area contributed by atoms with Crippen molar-refractivity contribution in [2.24, 2.45) is 0 Å². The first-order chi connectivity index (χ1) is 10.0. The first kappa shape index (κ1) is 14.8. The predicted octanol–water partition coefficient (Wildman–Crippen LogP) is 5.56. The monoisotopic (exact) mass is 302 g/mol. The van der Waals surface area contributed by atoms with Gasteiger partial charge >= 0.3 is 0 Å². The van der Waals surface area contributed by atoms with Gasteiger partial charge in [-0.3, -0.25) is 0 Å². The minimum atomic E-state index is -0.152. The third-order valence-corrected chi connectivity index (χ3v) is 6.76. The molecule has 0 atom stereocenters. The van der Waals surface area contributed by atoms with Crippen LogP contribution in [0.2, 0.25) is 0 Å². The molecular formula is C19H26OS. The van der Waals surface area contributed by atoms with Gasteiger partial charge in [-0.25, -0.2) is 10.9 Å². The molecule has 3 rings (SSSR count). The molecule has 2 aromatic rings. The average Bonchev–Trinajstić information content (AvgIpc) is 2.47. The number of hydrogen-bond donors (Lipinski definition) is 1. The van der Waals surface area contributed by atoms with E-state index < -0.39 is 0 Å². The van der Waals surface area contributed by atoms with Crippen LogP contribution in [0.4, 0.5) is 0 Å². The Morgan fingerprint density at radius 2 is 1.52 bits per heavy atom. The van der Waals surface area contributed by atoms with Crippen molar-refractivity contribution in [2.75, 3.05) is 11.5 Å². The number of benzene rings is 2. The molecule has 1 aliphatic heterocycles. The Hall–Kier alpha value is -1.15. The van der Waals surface area contributed by atoms with Crippen molar-refractivity contribution in [1.82, 2.24) is 0 Å². The Labute approximate surface area is 131 Å². The van der Waals surface area contributed by atoms with Gasteiger partial charge in [0.25, 0.3) is 0 Å². The van der Waals surface area contributed by atoms with E-state index in [0.29, 0.717) is 0 Å². The maximum atomic E-state index is 6.16. The summed E-state index contributed by atoms with van der Waals surface area (Å²) in [5.74, 6) is 3.83. The summed E-state index contributed by atoms with van der Waals surface area (Å²) in [6.07, 6.45) is 4.22. The highest BCUT2D eigenvalue weighted by atomic mass is 32.2. The van der Waals surface area contributed by atoms with Crippen LogP contribution in [0.1, 0.15) is 40.0 Å². The molecule has 21 heavy (non-hydrogen) atoms. The molecule has 1 nitrogen and oxygen atoms in total. The van der Waals surface area contributed by atoms with Crippen LogP contribution in [0, 0.1) is 0 Å². The van der Waals surface area contributed by atoms with Gasteiger partial charge in [-0.2, -0.15) is 0 Å². The molecule has 2 heteroatoms. The van der Waals surface area contributed by atoms with Crippen LogP contribution < -0.4 is 4.74 Å². The molecule has 1 heterocycles. The number of thiol groups is 1. The van der Waals surface area contributed by atoms with Crippen molar-refractivity contribution in [1.29, 1.82) is 0 Å². The number of hydrogen-bond acceptors (Lipinski definition) is 1. The van der Waals surface area contributed by atoms with Crippen LogP contribution in [0.3, 0.4) is 0 Å². The molecule has 0 spiro atoms. The summed E-state index contributed by atoms with van der Waals surface area (Å²) >= 11 is 0. The molecule has 0 radical (unpaired) electrons. The topological polar surface area (TPSA) is 9.23 Å². The summed E-state index contributed by atoms with van der Waals surface area (Å²) in [6, 6.07) is 13.3. The fourth-order valence-electron chi connectivity index (χ4n) is 3.08. The molecular weight excluding hydrogens is 276 g/mol. The maximum absolute atomic E-state index is 6.16. The summed E-state index contributed by atoms with van der Waals surface area (Å²) in [5, 5.41) is 2.69. The highest BCUT2D eigenvalue weighted by Gasteiger charge is 2.18. The lowest BCUT2D eigenvalue weighted by Gasteiger charge is -2.29. The summed E-state index contributed by atoms with van der Waals surface area (Å²) in [6.45, 7) is 6.34. The highest BCUT2D eigenvalue weighted by molar-refractivity contribution is 8.17. The summed E-state index contributed by atoms with van der Waals surface area (Å²) in [7, 11) is 0.0323. The molecule has 0 amide bonds. The number of fused-ring (bicyclic) bond motifs is 1. The molecule has 1 fully saturated rings. The Morgan fingerprint density at radius 3 is 2.19 bits per heavy atom. The van der Waals surface area contributed by atoms with E-state index >= 15 is 0 Å². The zero-order chi connectivity index (χ0) is 14.9. The van der Waals surface area contributed by atoms with E-state index in [2.05, 4.69) is 57.2 Å². The normalized spacial score (nSPS) is 18.0. The minimum absolute atomic E-state index is 0.0323. The van der Waals surface area contributed by atoms with Gasteiger partial charge in [-0.05, 0) is 67.5 Å². The van der Waals surface area contributed by atoms with Crippen LogP contribution in [0.25, 0.3) is 10.8 Å². The number of ether oxygens (including phenoxy) is 1. The smallest absolute Gasteiger partial charge is 0.127 e. The SMILES string of the molecule is CC(C)(C)Oc1ccc([SH]2CCCCC2)c2ccccc12. The van der Waals surface area contributed by atoms with Gasteiger partial charge in [0.2, 0.25) is 0 Å². The average molecular weight is 302 g/mol. The minimum Gasteiger partial charge on any atom is -0.488 e. The predicted molar refractivity (Wildman–Crippen MR) is 95.2 cm³/mol. The molecule has 2 aromatic carbocycles. The largest absolute Gasteiger partial charge is 0.488 e. The van der Waals surface area contributed by atoms with E-state index in [0.717, 1.165) is 5.75 Å². The van der Waals surface area contributed by atoms with Crippen molar-refractivity contribution in [3.63, 3.8) is 0 Å². The maximum Gasteiger partial charge on any atom is 0.127 e. The zero-order valence-electron chi connectivity index (χ0n) is 13.4. The molecule has 0 saturated carbocycles. The van der Waals surface area contributed by atoms with Gasteiger partial charge in [0.15, 0.2) is 0 Å². The molecule has 1 aliphatic rings. The quantitative estimate of drug-likeness (QED) is 0.714. The second kappa shape index (κ2) is 5.92. The third-order valence-electron chi connectivity index (χ3n) is 3.97. The van der Waals surface area contributed by atoms with Gasteiger partial charge < -0.3 is 4.74 Å². The molecule has 0 aliphatic carbocycles.